The van der Waals surface area contributed by atoms with Gasteiger partial charge < -0.3 is 10.3 Å². The van der Waals surface area contributed by atoms with Crippen molar-refractivity contribution in [2.45, 2.75) is 6.42 Å². The number of aryl methyl sites for hydroxylation is 1. The smallest absolute Gasteiger partial charge is 0.114 e. The molecule has 2 aromatic carbocycles. The Morgan fingerprint density at radius 1 is 1.21 bits per heavy atom. The number of nitrogen functional groups attached to an aromatic ring is 1. The molecule has 2 N–H and O–H groups in total. The molecule has 0 atom stereocenters. The Morgan fingerprint density at radius 3 is 2.74 bits per heavy atom. The highest BCUT2D eigenvalue weighted by Gasteiger charge is 2.08. The van der Waals surface area contributed by atoms with Gasteiger partial charge in [-0.25, -0.2) is 4.98 Å². The lowest BCUT2D eigenvalue weighted by Crippen LogP contribution is -1.99. The van der Waals surface area contributed by atoms with Crippen molar-refractivity contribution in [2.24, 2.45) is 7.05 Å². The first-order chi connectivity index (χ1) is 9.15. The summed E-state index contributed by atoms with van der Waals surface area (Å²) in [7, 11) is 2.03. The van der Waals surface area contributed by atoms with Crippen LogP contribution < -0.4 is 5.73 Å². The van der Waals surface area contributed by atoms with E-state index in [-0.39, 0.29) is 0 Å². The molecule has 4 heteroatoms. The first-order valence-corrected chi connectivity index (χ1v) is 6.47. The van der Waals surface area contributed by atoms with Crippen LogP contribution in [0.4, 0.5) is 5.69 Å². The molecule has 3 aromatic rings. The van der Waals surface area contributed by atoms with E-state index >= 15 is 0 Å². The molecule has 96 valence electrons. The normalized spacial score (nSPS) is 11.1. The largest absolute Gasteiger partial charge is 0.398 e. The van der Waals surface area contributed by atoms with Crippen LogP contribution >= 0.6 is 11.6 Å². The maximum atomic E-state index is 6.05. The average molecular weight is 272 g/mol. The first-order valence-electron chi connectivity index (χ1n) is 6.09. The fourth-order valence-corrected chi connectivity index (χ4v) is 2.42. The van der Waals surface area contributed by atoms with Crippen molar-refractivity contribution < 1.29 is 0 Å². The number of nitrogens with two attached hydrogens (primary N) is 1. The SMILES string of the molecule is Cn1c(Cc2ccc(N)c(Cl)c2)nc2ccccc21. The van der Waals surface area contributed by atoms with E-state index in [9.17, 15) is 0 Å². The van der Waals surface area contributed by atoms with E-state index in [1.165, 1.54) is 0 Å². The number of imidazole rings is 1. The monoisotopic (exact) mass is 271 g/mol. The van der Waals surface area contributed by atoms with Gasteiger partial charge in [0, 0.05) is 13.5 Å². The lowest BCUT2D eigenvalue weighted by molar-refractivity contribution is 0.845. The second kappa shape index (κ2) is 4.59. The molecule has 0 aliphatic rings. The van der Waals surface area contributed by atoms with Crippen LogP contribution in [0.1, 0.15) is 11.4 Å². The number of nitrogens with zero attached hydrogens (tertiary/aromatic N) is 2. The van der Waals surface area contributed by atoms with E-state index < -0.39 is 0 Å². The van der Waals surface area contributed by atoms with Crippen LogP contribution in [0.2, 0.25) is 5.02 Å². The molecule has 0 spiro atoms. The maximum Gasteiger partial charge on any atom is 0.114 e. The van der Waals surface area contributed by atoms with Gasteiger partial charge in [0.2, 0.25) is 0 Å². The molecule has 0 aliphatic carbocycles. The van der Waals surface area contributed by atoms with E-state index in [0.29, 0.717) is 10.7 Å². The van der Waals surface area contributed by atoms with Gasteiger partial charge in [0.15, 0.2) is 0 Å². The van der Waals surface area contributed by atoms with E-state index in [1.807, 2.05) is 43.4 Å². The van der Waals surface area contributed by atoms with Gasteiger partial charge in [0.05, 0.1) is 21.7 Å². The average Bonchev–Trinajstić information content (AvgIpc) is 2.72. The van der Waals surface area contributed by atoms with Crippen LogP contribution in [0, 0.1) is 0 Å². The Labute approximate surface area is 116 Å². The fourth-order valence-electron chi connectivity index (χ4n) is 2.22. The van der Waals surface area contributed by atoms with E-state index in [1.54, 1.807) is 0 Å². The van der Waals surface area contributed by atoms with Crippen molar-refractivity contribution in [1.29, 1.82) is 0 Å². The van der Waals surface area contributed by atoms with Gasteiger partial charge in [-0.15, -0.1) is 0 Å². The zero-order chi connectivity index (χ0) is 13.4. The summed E-state index contributed by atoms with van der Waals surface area (Å²) in [6.45, 7) is 0. The van der Waals surface area contributed by atoms with Gasteiger partial charge in [-0.05, 0) is 29.8 Å². The maximum absolute atomic E-state index is 6.05. The van der Waals surface area contributed by atoms with E-state index in [0.717, 1.165) is 28.8 Å². The minimum atomic E-state index is 0.594. The third-order valence-electron chi connectivity index (χ3n) is 3.31. The number of anilines is 1. The molecule has 0 radical (unpaired) electrons. The Balaban J connectivity index is 2.01. The topological polar surface area (TPSA) is 43.8 Å². The van der Waals surface area contributed by atoms with Crippen LogP contribution in [-0.2, 0) is 13.5 Å². The first kappa shape index (κ1) is 12.1. The molecule has 0 aliphatic heterocycles. The van der Waals surface area contributed by atoms with Gasteiger partial charge in [0.25, 0.3) is 0 Å². The standard InChI is InChI=1S/C15H14ClN3/c1-19-14-5-3-2-4-13(14)18-15(19)9-10-6-7-12(17)11(16)8-10/h2-8H,9,17H2,1H3. The summed E-state index contributed by atoms with van der Waals surface area (Å²) in [5, 5.41) is 0.594. The minimum absolute atomic E-state index is 0.594. The van der Waals surface area contributed by atoms with Crippen molar-refractivity contribution in [3.05, 3.63) is 58.9 Å². The third-order valence-corrected chi connectivity index (χ3v) is 3.63. The summed E-state index contributed by atoms with van der Waals surface area (Å²) in [4.78, 5) is 4.65. The number of hydrogen-bond donors (Lipinski definition) is 1. The van der Waals surface area contributed by atoms with Gasteiger partial charge in [-0.1, -0.05) is 29.8 Å². The zero-order valence-corrected chi connectivity index (χ0v) is 11.4. The number of fused-ring (bicyclic) bond motifs is 1. The highest BCUT2D eigenvalue weighted by atomic mass is 35.5. The number of halogens is 1. The molecule has 19 heavy (non-hydrogen) atoms. The highest BCUT2D eigenvalue weighted by molar-refractivity contribution is 6.33. The van der Waals surface area contributed by atoms with Crippen molar-refractivity contribution in [1.82, 2.24) is 9.55 Å². The molecule has 0 fully saturated rings. The summed E-state index contributed by atoms with van der Waals surface area (Å²) < 4.78 is 2.11. The Bertz CT molecular complexity index is 746. The van der Waals surface area contributed by atoms with Crippen LogP contribution in [0.3, 0.4) is 0 Å². The second-order valence-corrected chi connectivity index (χ2v) is 5.02. The molecule has 1 aromatic heterocycles. The molecule has 1 heterocycles. The molecule has 0 saturated heterocycles. The summed E-state index contributed by atoms with van der Waals surface area (Å²) in [5.41, 5.74) is 9.59. The highest BCUT2D eigenvalue weighted by Crippen LogP contribution is 2.22. The van der Waals surface area contributed by atoms with Gasteiger partial charge >= 0.3 is 0 Å². The predicted molar refractivity (Wildman–Crippen MR) is 79.4 cm³/mol. The Morgan fingerprint density at radius 2 is 2.00 bits per heavy atom. The number of benzene rings is 2. The Hall–Kier alpha value is -2.00. The molecular formula is C15H14ClN3. The minimum Gasteiger partial charge on any atom is -0.398 e. The third kappa shape index (κ3) is 2.17. The van der Waals surface area contributed by atoms with Crippen molar-refractivity contribution in [2.75, 3.05) is 5.73 Å². The lowest BCUT2D eigenvalue weighted by atomic mass is 10.1. The van der Waals surface area contributed by atoms with Gasteiger partial charge in [-0.2, -0.15) is 0 Å². The molecule has 3 rings (SSSR count). The van der Waals surface area contributed by atoms with Crippen LogP contribution in [-0.4, -0.2) is 9.55 Å². The molecular weight excluding hydrogens is 258 g/mol. The summed E-state index contributed by atoms with van der Waals surface area (Å²) >= 11 is 6.05. The molecule has 0 amide bonds. The van der Waals surface area contributed by atoms with Gasteiger partial charge in [0.1, 0.15) is 5.82 Å². The van der Waals surface area contributed by atoms with Crippen molar-refractivity contribution in [3.8, 4) is 0 Å². The van der Waals surface area contributed by atoms with Crippen LogP contribution in [0.5, 0.6) is 0 Å². The summed E-state index contributed by atoms with van der Waals surface area (Å²) in [6.07, 6.45) is 0.741. The van der Waals surface area contributed by atoms with Gasteiger partial charge in [-0.3, -0.25) is 0 Å². The zero-order valence-electron chi connectivity index (χ0n) is 10.6. The lowest BCUT2D eigenvalue weighted by Gasteiger charge is -2.04. The number of hydrogen-bond acceptors (Lipinski definition) is 2. The molecule has 0 unspecified atom stereocenters. The summed E-state index contributed by atoms with van der Waals surface area (Å²) in [5.74, 6) is 1.02. The molecule has 0 saturated carbocycles. The van der Waals surface area contributed by atoms with Crippen LogP contribution in [0.25, 0.3) is 11.0 Å². The quantitative estimate of drug-likeness (QED) is 0.726. The number of aromatic nitrogens is 2. The molecule has 3 nitrogen and oxygen atoms in total. The van der Waals surface area contributed by atoms with E-state index in [4.69, 9.17) is 17.3 Å². The summed E-state index contributed by atoms with van der Waals surface area (Å²) in [6, 6.07) is 13.8. The molecule has 0 bridgehead atoms. The van der Waals surface area contributed by atoms with E-state index in [2.05, 4.69) is 15.6 Å². The fraction of sp³-hybridized carbons (Fsp3) is 0.133. The Kier molecular flexibility index (Phi) is 2.91. The number of rotatable bonds is 2. The van der Waals surface area contributed by atoms with Crippen molar-refractivity contribution >= 4 is 28.3 Å². The number of para-hydroxylation sites is 2. The second-order valence-electron chi connectivity index (χ2n) is 4.61. The predicted octanol–water partition coefficient (Wildman–Crippen LogP) is 3.40. The van der Waals surface area contributed by atoms with Crippen LogP contribution in [0.15, 0.2) is 42.5 Å². The van der Waals surface area contributed by atoms with Crippen molar-refractivity contribution in [3.63, 3.8) is 0 Å².